The molecule has 4 rings (SSSR count). The summed E-state index contributed by atoms with van der Waals surface area (Å²) in [7, 11) is 0. The summed E-state index contributed by atoms with van der Waals surface area (Å²) in [4.78, 5) is 17.9. The second-order valence-corrected chi connectivity index (χ2v) is 7.96. The maximum atomic E-state index is 13.3. The highest BCUT2D eigenvalue weighted by Crippen LogP contribution is 2.30. The van der Waals surface area contributed by atoms with Crippen LogP contribution in [0.5, 0.6) is 5.75 Å². The van der Waals surface area contributed by atoms with Gasteiger partial charge in [-0.25, -0.2) is 4.98 Å². The maximum Gasteiger partial charge on any atom is 0.266 e. The minimum atomic E-state index is -0.288. The molecule has 0 bridgehead atoms. The van der Waals surface area contributed by atoms with Gasteiger partial charge >= 0.3 is 0 Å². The number of aromatic hydroxyl groups is 1. The van der Waals surface area contributed by atoms with Crippen molar-refractivity contribution in [3.8, 4) is 11.4 Å². The largest absolute Gasteiger partial charge is 0.507 e. The van der Waals surface area contributed by atoms with E-state index in [1.54, 1.807) is 66.7 Å². The molecular weight excluding hydrogens is 475 g/mol. The summed E-state index contributed by atoms with van der Waals surface area (Å²) in [5.41, 5.74) is 1.19. The Morgan fingerprint density at radius 1 is 0.966 bits per heavy atom. The molecule has 0 saturated heterocycles. The summed E-state index contributed by atoms with van der Waals surface area (Å²) in [5.74, 6) is 0.443. The summed E-state index contributed by atoms with van der Waals surface area (Å²) in [6.07, 6.45) is 3.33. The van der Waals surface area contributed by atoms with Crippen LogP contribution in [0.3, 0.4) is 0 Å². The monoisotopic (exact) mass is 486 g/mol. The molecule has 1 N–H and O–H groups in total. The molecule has 0 fully saturated rings. The number of fused-ring (bicyclic) bond motifs is 1. The molecule has 3 aromatic carbocycles. The number of hydrogen-bond donors (Lipinski definition) is 1. The Labute approximate surface area is 184 Å². The van der Waals surface area contributed by atoms with E-state index in [4.69, 9.17) is 23.2 Å². The highest BCUT2D eigenvalue weighted by molar-refractivity contribution is 9.10. The highest BCUT2D eigenvalue weighted by atomic mass is 79.9. The van der Waals surface area contributed by atoms with Gasteiger partial charge in [-0.3, -0.25) is 9.36 Å². The fourth-order valence-corrected chi connectivity index (χ4v) is 3.95. The molecule has 0 amide bonds. The molecule has 0 aliphatic rings. The third-order valence-corrected chi connectivity index (χ3v) is 5.47. The van der Waals surface area contributed by atoms with Crippen molar-refractivity contribution in [2.24, 2.45) is 0 Å². The second-order valence-electron chi connectivity index (χ2n) is 6.23. The van der Waals surface area contributed by atoms with Gasteiger partial charge in [0.2, 0.25) is 0 Å². The lowest BCUT2D eigenvalue weighted by molar-refractivity contribution is 0.474. The normalized spacial score (nSPS) is 11.4. The van der Waals surface area contributed by atoms with Crippen LogP contribution in [0.2, 0.25) is 10.0 Å². The minimum Gasteiger partial charge on any atom is -0.507 e. The Bertz CT molecular complexity index is 1310. The molecular formula is C22H13BrCl2N2O2. The second kappa shape index (κ2) is 8.03. The Morgan fingerprint density at radius 3 is 2.45 bits per heavy atom. The van der Waals surface area contributed by atoms with Gasteiger partial charge in [-0.15, -0.1) is 0 Å². The number of rotatable bonds is 3. The lowest BCUT2D eigenvalue weighted by atomic mass is 10.1. The number of phenolic OH excluding ortho intramolecular Hbond substituents is 1. The zero-order valence-electron chi connectivity index (χ0n) is 14.8. The number of aromatic nitrogens is 2. The molecule has 0 spiro atoms. The van der Waals surface area contributed by atoms with Gasteiger partial charge in [0.25, 0.3) is 5.56 Å². The van der Waals surface area contributed by atoms with E-state index in [1.807, 2.05) is 6.07 Å². The van der Waals surface area contributed by atoms with Gasteiger partial charge in [0, 0.05) is 10.0 Å². The van der Waals surface area contributed by atoms with E-state index < -0.39 is 0 Å². The van der Waals surface area contributed by atoms with Gasteiger partial charge in [0.1, 0.15) is 11.6 Å². The van der Waals surface area contributed by atoms with E-state index in [2.05, 4.69) is 20.9 Å². The van der Waals surface area contributed by atoms with Crippen molar-refractivity contribution in [2.45, 2.75) is 0 Å². The van der Waals surface area contributed by atoms with Crippen molar-refractivity contribution in [1.29, 1.82) is 0 Å². The Kier molecular flexibility index (Phi) is 5.46. The molecule has 4 aromatic rings. The number of benzene rings is 3. The van der Waals surface area contributed by atoms with Crippen LogP contribution in [0.25, 0.3) is 28.7 Å². The van der Waals surface area contributed by atoms with Crippen LogP contribution in [0.4, 0.5) is 0 Å². The molecule has 0 saturated carbocycles. The summed E-state index contributed by atoms with van der Waals surface area (Å²) in [6, 6.07) is 17.2. The number of nitrogens with zero attached hydrogens (tertiary/aromatic N) is 2. The predicted molar refractivity (Wildman–Crippen MR) is 122 cm³/mol. The van der Waals surface area contributed by atoms with Gasteiger partial charge in [0.15, 0.2) is 0 Å². The average Bonchev–Trinajstić information content (AvgIpc) is 2.70. The van der Waals surface area contributed by atoms with Crippen molar-refractivity contribution in [1.82, 2.24) is 9.55 Å². The van der Waals surface area contributed by atoms with Crippen LogP contribution in [0.1, 0.15) is 11.4 Å². The Morgan fingerprint density at radius 2 is 1.69 bits per heavy atom. The molecule has 1 heterocycles. The van der Waals surface area contributed by atoms with E-state index in [0.717, 1.165) is 4.47 Å². The number of phenols is 1. The molecule has 29 heavy (non-hydrogen) atoms. The summed E-state index contributed by atoms with van der Waals surface area (Å²) >= 11 is 16.1. The molecule has 0 unspecified atom stereocenters. The van der Waals surface area contributed by atoms with E-state index in [-0.39, 0.29) is 11.3 Å². The first-order valence-corrected chi connectivity index (χ1v) is 10.1. The van der Waals surface area contributed by atoms with Crippen LogP contribution in [-0.4, -0.2) is 14.7 Å². The Hall–Kier alpha value is -2.60. The minimum absolute atomic E-state index is 0.106. The van der Waals surface area contributed by atoms with Crippen LogP contribution < -0.4 is 5.56 Å². The maximum absolute atomic E-state index is 13.3. The molecule has 7 heteroatoms. The zero-order valence-corrected chi connectivity index (χ0v) is 17.9. The van der Waals surface area contributed by atoms with Crippen molar-refractivity contribution in [3.05, 3.63) is 96.9 Å². The number of halogens is 3. The van der Waals surface area contributed by atoms with Crippen molar-refractivity contribution < 1.29 is 5.11 Å². The summed E-state index contributed by atoms with van der Waals surface area (Å²) < 4.78 is 2.20. The van der Waals surface area contributed by atoms with Crippen LogP contribution in [0.15, 0.2) is 69.9 Å². The molecule has 0 radical (unpaired) electrons. The fraction of sp³-hybridized carbons (Fsp3) is 0. The first-order valence-electron chi connectivity index (χ1n) is 8.58. The molecule has 0 atom stereocenters. The smallest absolute Gasteiger partial charge is 0.266 e. The van der Waals surface area contributed by atoms with Crippen LogP contribution in [-0.2, 0) is 0 Å². The van der Waals surface area contributed by atoms with Crippen molar-refractivity contribution in [3.63, 3.8) is 0 Å². The van der Waals surface area contributed by atoms with Crippen LogP contribution in [0, 0.1) is 0 Å². The fourth-order valence-electron chi connectivity index (χ4n) is 3.00. The Balaban J connectivity index is 2.01. The summed E-state index contributed by atoms with van der Waals surface area (Å²) in [5, 5.41) is 11.2. The highest BCUT2D eigenvalue weighted by Gasteiger charge is 2.16. The summed E-state index contributed by atoms with van der Waals surface area (Å²) in [6.45, 7) is 0. The van der Waals surface area contributed by atoms with Crippen LogP contribution >= 0.6 is 39.1 Å². The number of para-hydroxylation sites is 2. The van der Waals surface area contributed by atoms with Gasteiger partial charge < -0.3 is 5.11 Å². The first kappa shape index (κ1) is 19.7. The molecule has 4 nitrogen and oxygen atoms in total. The predicted octanol–water partition coefficient (Wildman–Crippen LogP) is 6.33. The van der Waals surface area contributed by atoms with E-state index in [9.17, 15) is 9.90 Å². The first-order chi connectivity index (χ1) is 14.0. The SMILES string of the molecule is O=c1c2ccccc2nc(/C=C/c2cc(Br)ccc2O)n1-c1c(Cl)cccc1Cl. The van der Waals surface area contributed by atoms with Gasteiger partial charge in [-0.2, -0.15) is 0 Å². The van der Waals surface area contributed by atoms with Gasteiger partial charge in [0.05, 0.1) is 26.6 Å². The molecule has 144 valence electrons. The van der Waals surface area contributed by atoms with E-state index >= 15 is 0 Å². The lowest BCUT2D eigenvalue weighted by Crippen LogP contribution is -2.23. The molecule has 0 aliphatic heterocycles. The topological polar surface area (TPSA) is 55.1 Å². The van der Waals surface area contributed by atoms with Crippen molar-refractivity contribution >= 4 is 62.2 Å². The lowest BCUT2D eigenvalue weighted by Gasteiger charge is -2.14. The van der Waals surface area contributed by atoms with E-state index in [0.29, 0.717) is 38.0 Å². The third kappa shape index (κ3) is 3.81. The van der Waals surface area contributed by atoms with Crippen molar-refractivity contribution in [2.75, 3.05) is 0 Å². The molecule has 1 aromatic heterocycles. The average molecular weight is 488 g/mol. The quantitative estimate of drug-likeness (QED) is 0.367. The van der Waals surface area contributed by atoms with Gasteiger partial charge in [-0.05, 0) is 54.6 Å². The third-order valence-electron chi connectivity index (χ3n) is 4.36. The zero-order chi connectivity index (χ0) is 20.5. The van der Waals surface area contributed by atoms with Gasteiger partial charge in [-0.1, -0.05) is 57.3 Å². The molecule has 0 aliphatic carbocycles. The van der Waals surface area contributed by atoms with E-state index in [1.165, 1.54) is 4.57 Å². The number of hydrogen-bond acceptors (Lipinski definition) is 3. The standard InChI is InChI=1S/C22H13BrCl2N2O2/c23-14-9-10-19(28)13(12-14)8-11-20-26-18-7-2-1-4-15(18)22(29)27(20)21-16(24)5-3-6-17(21)25/h1-12,28H/b11-8+.